The van der Waals surface area contributed by atoms with Crippen LogP contribution in [0.25, 0.3) is 0 Å². The van der Waals surface area contributed by atoms with Crippen molar-refractivity contribution in [3.63, 3.8) is 0 Å². The fourth-order valence-corrected chi connectivity index (χ4v) is 0.121. The molecule has 0 aromatic heterocycles. The molecule has 4 heteroatoms. The second kappa shape index (κ2) is 4.98. The predicted octanol–water partition coefficient (Wildman–Crippen LogP) is 0.134. The van der Waals surface area contributed by atoms with Gasteiger partial charge in [0.05, 0.1) is 0 Å². The summed E-state index contributed by atoms with van der Waals surface area (Å²) in [7, 11) is 0. The van der Waals surface area contributed by atoms with Crippen molar-refractivity contribution in [1.29, 1.82) is 0 Å². The quantitative estimate of drug-likeness (QED) is 0.276. The number of hydrogen-bond acceptors (Lipinski definition) is 2. The van der Waals surface area contributed by atoms with Gasteiger partial charge >= 0.3 is 6.41 Å². The van der Waals surface area contributed by atoms with Crippen molar-refractivity contribution in [3.8, 4) is 0 Å². The molecule has 0 saturated heterocycles. The summed E-state index contributed by atoms with van der Waals surface area (Å²) in [6.07, 6.45) is 0.346. The number of amides is 1. The normalized spacial score (nSPS) is 6.43. The first-order chi connectivity index (χ1) is 3.41. The molecular weight excluding hydrogens is 94.1 g/mol. The maximum Gasteiger partial charge on any atom is 0.318 e. The summed E-state index contributed by atoms with van der Waals surface area (Å²) < 4.78 is 0. The molecule has 0 aliphatic carbocycles. The van der Waals surface area contributed by atoms with Crippen LogP contribution in [0, 0.1) is 0 Å². The molecule has 0 radical (unpaired) electrons. The van der Waals surface area contributed by atoms with E-state index in [1.807, 2.05) is 6.92 Å². The minimum atomic E-state index is 0.346. The van der Waals surface area contributed by atoms with Crippen LogP contribution in [0.4, 0.5) is 0 Å². The van der Waals surface area contributed by atoms with E-state index in [0.717, 1.165) is 0 Å². The van der Waals surface area contributed by atoms with Crippen molar-refractivity contribution in [2.45, 2.75) is 6.92 Å². The van der Waals surface area contributed by atoms with E-state index in [1.54, 1.807) is 0 Å². The Balaban J connectivity index is 3.40. The van der Waals surface area contributed by atoms with Gasteiger partial charge in [0.25, 0.3) is 0 Å². The van der Waals surface area contributed by atoms with Gasteiger partial charge in [0.15, 0.2) is 5.11 Å². The zero-order valence-electron chi connectivity index (χ0n) is 4.03. The summed E-state index contributed by atoms with van der Waals surface area (Å²) in [6, 6.07) is 0. The molecular formula is C3H6N3O+. The Morgan fingerprint density at radius 2 is 2.57 bits per heavy atom. The van der Waals surface area contributed by atoms with Gasteiger partial charge in [-0.3, -0.25) is 4.79 Å². The molecule has 0 heterocycles. The lowest BCUT2D eigenvalue weighted by atomic mass is 10.8. The molecule has 0 aromatic carbocycles. The minimum absolute atomic E-state index is 0.346. The van der Waals surface area contributed by atoms with E-state index >= 15 is 0 Å². The molecule has 0 saturated carbocycles. The van der Waals surface area contributed by atoms with Gasteiger partial charge in [-0.15, -0.1) is 0 Å². The van der Waals surface area contributed by atoms with Crippen LogP contribution >= 0.6 is 0 Å². The maximum absolute atomic E-state index is 9.36. The highest BCUT2D eigenvalue weighted by Crippen LogP contribution is 1.54. The largest absolute Gasteiger partial charge is 0.318 e. The van der Waals surface area contributed by atoms with Gasteiger partial charge in [0.2, 0.25) is 4.91 Å². The molecule has 0 N–H and O–H groups in total. The lowest BCUT2D eigenvalue weighted by Crippen LogP contribution is -1.67. The number of hydrogen-bond donors (Lipinski definition) is 0. The van der Waals surface area contributed by atoms with E-state index < -0.39 is 0 Å². The van der Waals surface area contributed by atoms with Gasteiger partial charge in [-0.25, -0.2) is 0 Å². The molecule has 0 aliphatic heterocycles. The molecule has 38 valence electrons. The van der Waals surface area contributed by atoms with Crippen LogP contribution < -0.4 is 4.91 Å². The van der Waals surface area contributed by atoms with Crippen molar-refractivity contribution in [2.75, 3.05) is 6.54 Å². The lowest BCUT2D eigenvalue weighted by molar-refractivity contribution is -0.107. The van der Waals surface area contributed by atoms with Gasteiger partial charge in [0.1, 0.15) is 11.7 Å². The van der Waals surface area contributed by atoms with Crippen LogP contribution in [0.3, 0.4) is 0 Å². The summed E-state index contributed by atoms with van der Waals surface area (Å²) in [5.74, 6) is 0. The average molecular weight is 100 g/mol. The Morgan fingerprint density at radius 3 is 3.00 bits per heavy atom. The van der Waals surface area contributed by atoms with Gasteiger partial charge in [-0.1, -0.05) is 0 Å². The van der Waals surface area contributed by atoms with Gasteiger partial charge in [-0.05, 0) is 6.92 Å². The lowest BCUT2D eigenvalue weighted by Gasteiger charge is -1.46. The smallest absolute Gasteiger partial charge is 0.269 e. The van der Waals surface area contributed by atoms with Crippen LogP contribution in [0.5, 0.6) is 0 Å². The number of carbonyl (C=O) groups is 1. The second-order valence-electron chi connectivity index (χ2n) is 0.768. The third-order valence-corrected chi connectivity index (χ3v) is 0.303. The van der Waals surface area contributed by atoms with Crippen molar-refractivity contribution in [3.05, 3.63) is 0 Å². The van der Waals surface area contributed by atoms with Crippen LogP contribution in [-0.2, 0) is 4.79 Å². The van der Waals surface area contributed by atoms with E-state index in [1.165, 1.54) is 0 Å². The summed E-state index contributed by atoms with van der Waals surface area (Å²) in [4.78, 5) is 12.4. The molecule has 0 rings (SSSR count). The summed E-state index contributed by atoms with van der Waals surface area (Å²) in [5, 5.41) is 6.33. The first kappa shape index (κ1) is 5.98. The third-order valence-electron chi connectivity index (χ3n) is 0.303. The highest BCUT2D eigenvalue weighted by atomic mass is 16.1. The topological polar surface area (TPSA) is 55.9 Å². The van der Waals surface area contributed by atoms with Crippen molar-refractivity contribution in [2.24, 2.45) is 10.2 Å². The van der Waals surface area contributed by atoms with Crippen LogP contribution in [0.15, 0.2) is 10.2 Å². The van der Waals surface area contributed by atoms with Gasteiger partial charge in [0, 0.05) is 0 Å². The Labute approximate surface area is 41.0 Å². The van der Waals surface area contributed by atoms with E-state index in [4.69, 9.17) is 0 Å². The molecule has 4 nitrogen and oxygen atoms in total. The average Bonchev–Trinajstić information content (AvgIpc) is 1.69. The number of carbonyl (C=O) groups excluding carboxylic acids is 1. The first-order valence-corrected chi connectivity index (χ1v) is 1.92. The highest BCUT2D eigenvalue weighted by molar-refractivity contribution is 5.45. The number of rotatable bonds is 2. The summed E-state index contributed by atoms with van der Waals surface area (Å²) in [6.45, 7) is 2.38. The van der Waals surface area contributed by atoms with Crippen LogP contribution in [0.2, 0.25) is 0 Å². The van der Waals surface area contributed by atoms with Gasteiger partial charge < -0.3 is 0 Å². The molecule has 0 bridgehead atoms. The molecule has 0 unspecified atom stereocenters. The molecule has 7 heavy (non-hydrogen) atoms. The summed E-state index contributed by atoms with van der Waals surface area (Å²) >= 11 is 0. The molecule has 1 amide bonds. The standard InChI is InChI=1S/C3H6N3O/c1-2-4-6-5-3-7/h3H,2H2,1H3/q+1. The Hall–Kier alpha value is -1.02. The fourth-order valence-electron chi connectivity index (χ4n) is 0.121. The van der Waals surface area contributed by atoms with Crippen LogP contribution in [0.1, 0.15) is 6.92 Å². The van der Waals surface area contributed by atoms with E-state index in [9.17, 15) is 4.79 Å². The Morgan fingerprint density at radius 1 is 1.86 bits per heavy atom. The maximum atomic E-state index is 9.36. The highest BCUT2D eigenvalue weighted by Gasteiger charge is 1.73. The predicted molar refractivity (Wildman–Crippen MR) is 23.6 cm³/mol. The number of nitrogens with zero attached hydrogens (tertiary/aromatic N) is 3. The molecule has 0 aliphatic rings. The van der Waals surface area contributed by atoms with Crippen LogP contribution in [-0.4, -0.2) is 13.0 Å². The monoisotopic (exact) mass is 100 g/mol. The molecule has 0 fully saturated rings. The zero-order chi connectivity index (χ0) is 5.54. The Bertz CT molecular complexity index is 103. The third kappa shape index (κ3) is 4.98. The second-order valence-corrected chi connectivity index (χ2v) is 0.768. The summed E-state index contributed by atoms with van der Waals surface area (Å²) in [5.41, 5.74) is 0. The first-order valence-electron chi connectivity index (χ1n) is 1.92. The van der Waals surface area contributed by atoms with E-state index in [2.05, 4.69) is 15.1 Å². The molecule has 0 spiro atoms. The van der Waals surface area contributed by atoms with E-state index in [0.29, 0.717) is 13.0 Å². The Kier molecular flexibility index (Phi) is 4.25. The van der Waals surface area contributed by atoms with Crippen molar-refractivity contribution in [1.82, 2.24) is 4.91 Å². The molecule has 0 atom stereocenters. The van der Waals surface area contributed by atoms with Crippen molar-refractivity contribution >= 4 is 6.41 Å². The van der Waals surface area contributed by atoms with E-state index in [-0.39, 0.29) is 0 Å². The van der Waals surface area contributed by atoms with Gasteiger partial charge in [-0.2, -0.15) is 0 Å². The fraction of sp³-hybridized carbons (Fsp3) is 0.667. The SMILES string of the molecule is CCN=[N+]=NC=O. The van der Waals surface area contributed by atoms with Crippen molar-refractivity contribution < 1.29 is 4.79 Å². The molecule has 0 aromatic rings. The zero-order valence-corrected chi connectivity index (χ0v) is 4.03. The minimum Gasteiger partial charge on any atom is -0.269 e.